The highest BCUT2D eigenvalue weighted by Crippen LogP contribution is 2.32. The van der Waals surface area contributed by atoms with E-state index in [2.05, 4.69) is 37.8 Å². The molecular weight excluding hydrogens is 460 g/mol. The van der Waals surface area contributed by atoms with Gasteiger partial charge in [-0.15, -0.1) is 0 Å². The number of hydrogen-bond donors (Lipinski definition) is 0. The number of piperazine rings is 1. The second kappa shape index (κ2) is 10.6. The third kappa shape index (κ3) is 5.91. The SMILES string of the molecule is COc1ccc(C(=O)N2CCN(c3cccc(Cl)c3)CC2)cc1COc1ccccc1C(C)(C)C. The molecule has 5 nitrogen and oxygen atoms in total. The Morgan fingerprint density at radius 2 is 1.66 bits per heavy atom. The van der Waals surface area contributed by atoms with Crippen molar-refractivity contribution in [1.82, 2.24) is 4.90 Å². The molecule has 1 saturated heterocycles. The highest BCUT2D eigenvalue weighted by atomic mass is 35.5. The van der Waals surface area contributed by atoms with Crippen LogP contribution in [0.1, 0.15) is 42.3 Å². The van der Waals surface area contributed by atoms with Gasteiger partial charge in [-0.05, 0) is 53.4 Å². The van der Waals surface area contributed by atoms with Gasteiger partial charge < -0.3 is 19.3 Å². The fourth-order valence-corrected chi connectivity index (χ4v) is 4.60. The van der Waals surface area contributed by atoms with Gasteiger partial charge in [0.05, 0.1) is 7.11 Å². The average molecular weight is 493 g/mol. The summed E-state index contributed by atoms with van der Waals surface area (Å²) >= 11 is 6.15. The maximum absolute atomic E-state index is 13.3. The van der Waals surface area contributed by atoms with Crippen molar-refractivity contribution in [1.29, 1.82) is 0 Å². The Kier molecular flexibility index (Phi) is 7.56. The minimum absolute atomic E-state index is 0.0229. The van der Waals surface area contributed by atoms with Crippen LogP contribution in [0.2, 0.25) is 5.02 Å². The first-order valence-corrected chi connectivity index (χ1v) is 12.3. The van der Waals surface area contributed by atoms with Crippen LogP contribution in [0.4, 0.5) is 5.69 Å². The Balaban J connectivity index is 1.46. The van der Waals surface area contributed by atoms with E-state index in [1.807, 2.05) is 59.5 Å². The molecule has 184 valence electrons. The molecule has 0 N–H and O–H groups in total. The van der Waals surface area contributed by atoms with Gasteiger partial charge in [-0.25, -0.2) is 0 Å². The number of carbonyl (C=O) groups is 1. The van der Waals surface area contributed by atoms with E-state index < -0.39 is 0 Å². The van der Waals surface area contributed by atoms with Crippen LogP contribution in [0, 0.1) is 0 Å². The first-order valence-electron chi connectivity index (χ1n) is 12.0. The van der Waals surface area contributed by atoms with Crippen LogP contribution in [0.3, 0.4) is 0 Å². The molecule has 1 heterocycles. The van der Waals surface area contributed by atoms with E-state index in [-0.39, 0.29) is 11.3 Å². The van der Waals surface area contributed by atoms with Gasteiger partial charge in [-0.3, -0.25) is 4.79 Å². The highest BCUT2D eigenvalue weighted by molar-refractivity contribution is 6.30. The van der Waals surface area contributed by atoms with Gasteiger partial charge in [0.25, 0.3) is 5.91 Å². The molecule has 0 spiro atoms. The van der Waals surface area contributed by atoms with Gasteiger partial charge in [0.15, 0.2) is 0 Å². The lowest BCUT2D eigenvalue weighted by atomic mass is 9.86. The number of benzene rings is 3. The van der Waals surface area contributed by atoms with Crippen LogP contribution >= 0.6 is 11.6 Å². The van der Waals surface area contributed by atoms with Crippen molar-refractivity contribution >= 4 is 23.2 Å². The van der Waals surface area contributed by atoms with Crippen molar-refractivity contribution in [3.63, 3.8) is 0 Å². The van der Waals surface area contributed by atoms with Crippen LogP contribution in [-0.4, -0.2) is 44.1 Å². The smallest absolute Gasteiger partial charge is 0.253 e. The molecule has 0 saturated carbocycles. The number of rotatable bonds is 6. The minimum atomic E-state index is -0.0360. The van der Waals surface area contributed by atoms with E-state index in [4.69, 9.17) is 21.1 Å². The fraction of sp³-hybridized carbons (Fsp3) is 0.345. The Labute approximate surface area is 213 Å². The first kappa shape index (κ1) is 24.9. The number of carbonyl (C=O) groups excluding carboxylic acids is 1. The quantitative estimate of drug-likeness (QED) is 0.411. The zero-order valence-corrected chi connectivity index (χ0v) is 21.6. The number of nitrogens with zero attached hydrogens (tertiary/aromatic N) is 2. The summed E-state index contributed by atoms with van der Waals surface area (Å²) < 4.78 is 11.8. The van der Waals surface area contributed by atoms with Gasteiger partial charge in [-0.2, -0.15) is 0 Å². The second-order valence-corrected chi connectivity index (χ2v) is 10.3. The molecule has 1 aliphatic heterocycles. The lowest BCUT2D eigenvalue weighted by molar-refractivity contribution is 0.0746. The third-order valence-corrected chi connectivity index (χ3v) is 6.58. The monoisotopic (exact) mass is 492 g/mol. The molecule has 3 aromatic carbocycles. The molecule has 0 atom stereocenters. The number of hydrogen-bond acceptors (Lipinski definition) is 4. The van der Waals surface area contributed by atoms with Gasteiger partial charge in [0, 0.05) is 48.0 Å². The summed E-state index contributed by atoms with van der Waals surface area (Å²) in [5.41, 5.74) is 3.68. The Bertz CT molecular complexity index is 1180. The summed E-state index contributed by atoms with van der Waals surface area (Å²) in [7, 11) is 1.64. The zero-order valence-electron chi connectivity index (χ0n) is 20.9. The summed E-state index contributed by atoms with van der Waals surface area (Å²) in [5, 5.41) is 0.721. The summed E-state index contributed by atoms with van der Waals surface area (Å²) in [6, 6.07) is 21.5. The summed E-state index contributed by atoms with van der Waals surface area (Å²) in [5.74, 6) is 1.58. The van der Waals surface area contributed by atoms with Crippen molar-refractivity contribution in [3.8, 4) is 11.5 Å². The molecule has 0 bridgehead atoms. The number of halogens is 1. The molecule has 3 aromatic rings. The summed E-state index contributed by atoms with van der Waals surface area (Å²) in [6.07, 6.45) is 0. The maximum Gasteiger partial charge on any atom is 0.253 e. The van der Waals surface area contributed by atoms with Crippen LogP contribution < -0.4 is 14.4 Å². The maximum atomic E-state index is 13.3. The van der Waals surface area contributed by atoms with Crippen LogP contribution in [0.25, 0.3) is 0 Å². The van der Waals surface area contributed by atoms with Gasteiger partial charge in [0.2, 0.25) is 0 Å². The van der Waals surface area contributed by atoms with E-state index in [1.54, 1.807) is 7.11 Å². The molecule has 0 unspecified atom stereocenters. The minimum Gasteiger partial charge on any atom is -0.496 e. The van der Waals surface area contributed by atoms with E-state index in [1.165, 1.54) is 0 Å². The third-order valence-electron chi connectivity index (χ3n) is 6.35. The molecule has 1 amide bonds. The predicted molar refractivity (Wildman–Crippen MR) is 142 cm³/mol. The Morgan fingerprint density at radius 3 is 2.34 bits per heavy atom. The fourth-order valence-electron chi connectivity index (χ4n) is 4.42. The van der Waals surface area contributed by atoms with E-state index in [0.29, 0.717) is 31.0 Å². The van der Waals surface area contributed by atoms with Crippen LogP contribution in [0.5, 0.6) is 11.5 Å². The highest BCUT2D eigenvalue weighted by Gasteiger charge is 2.24. The lowest BCUT2D eigenvalue weighted by Gasteiger charge is -2.36. The van der Waals surface area contributed by atoms with Crippen molar-refractivity contribution in [3.05, 3.63) is 88.4 Å². The average Bonchev–Trinajstić information content (AvgIpc) is 2.86. The Hall–Kier alpha value is -3.18. The molecule has 35 heavy (non-hydrogen) atoms. The van der Waals surface area contributed by atoms with E-state index in [9.17, 15) is 4.79 Å². The molecule has 1 fully saturated rings. The zero-order chi connectivity index (χ0) is 25.0. The standard InChI is InChI=1S/C29H33ClN2O3/c1-29(2,3)25-10-5-6-11-27(25)35-20-22-18-21(12-13-26(22)34-4)28(33)32-16-14-31(15-17-32)24-9-7-8-23(30)19-24/h5-13,18-19H,14-17,20H2,1-4H3. The van der Waals surface area contributed by atoms with Crippen LogP contribution in [-0.2, 0) is 12.0 Å². The molecule has 1 aliphatic rings. The normalized spacial score (nSPS) is 14.1. The molecule has 0 aliphatic carbocycles. The van der Waals surface area contributed by atoms with Gasteiger partial charge in [-0.1, -0.05) is 56.6 Å². The largest absolute Gasteiger partial charge is 0.496 e. The number of amides is 1. The summed E-state index contributed by atoms with van der Waals surface area (Å²) in [6.45, 7) is 9.66. The topological polar surface area (TPSA) is 42.0 Å². The van der Waals surface area contributed by atoms with Crippen molar-refractivity contribution < 1.29 is 14.3 Å². The molecule has 0 aromatic heterocycles. The molecule has 0 radical (unpaired) electrons. The van der Waals surface area contributed by atoms with Crippen molar-refractivity contribution in [2.75, 3.05) is 38.2 Å². The lowest BCUT2D eigenvalue weighted by Crippen LogP contribution is -2.48. The van der Waals surface area contributed by atoms with Crippen molar-refractivity contribution in [2.24, 2.45) is 0 Å². The van der Waals surface area contributed by atoms with Crippen LogP contribution in [0.15, 0.2) is 66.7 Å². The number of methoxy groups -OCH3 is 1. The first-order chi connectivity index (χ1) is 16.8. The number of anilines is 1. The Morgan fingerprint density at radius 1 is 0.914 bits per heavy atom. The van der Waals surface area contributed by atoms with E-state index in [0.717, 1.165) is 40.7 Å². The number of ether oxygens (including phenoxy) is 2. The molecular formula is C29H33ClN2O3. The summed E-state index contributed by atoms with van der Waals surface area (Å²) in [4.78, 5) is 17.5. The molecule has 6 heteroatoms. The van der Waals surface area contributed by atoms with Crippen molar-refractivity contribution in [2.45, 2.75) is 32.8 Å². The van der Waals surface area contributed by atoms with Gasteiger partial charge >= 0.3 is 0 Å². The predicted octanol–water partition coefficient (Wildman–Crippen LogP) is 6.19. The second-order valence-electron chi connectivity index (χ2n) is 9.82. The number of para-hydroxylation sites is 1. The molecule has 4 rings (SSSR count). The van der Waals surface area contributed by atoms with E-state index >= 15 is 0 Å². The van der Waals surface area contributed by atoms with Gasteiger partial charge in [0.1, 0.15) is 18.1 Å².